The monoisotopic (exact) mass is 234 g/mol. The van der Waals surface area contributed by atoms with Gasteiger partial charge >= 0.3 is 0 Å². The Kier molecular flexibility index (Phi) is 3.29. The van der Waals surface area contributed by atoms with Crippen LogP contribution in [0.25, 0.3) is 10.7 Å². The van der Waals surface area contributed by atoms with Crippen molar-refractivity contribution in [2.24, 2.45) is 0 Å². The molecule has 0 radical (unpaired) electrons. The Balaban J connectivity index is 2.06. The summed E-state index contributed by atoms with van der Waals surface area (Å²) in [5, 5.41) is 14.4. The van der Waals surface area contributed by atoms with Gasteiger partial charge in [0.1, 0.15) is 0 Å². The molecule has 2 heterocycles. The van der Waals surface area contributed by atoms with Gasteiger partial charge in [-0.1, -0.05) is 11.2 Å². The van der Waals surface area contributed by atoms with Crippen LogP contribution in [0.2, 0.25) is 0 Å². The van der Waals surface area contributed by atoms with Crippen molar-refractivity contribution in [1.29, 1.82) is 5.26 Å². The third-order valence-corrected chi connectivity index (χ3v) is 2.82. The second-order valence-electron chi connectivity index (χ2n) is 3.32. The lowest BCUT2D eigenvalue weighted by atomic mass is 10.4. The van der Waals surface area contributed by atoms with Crippen molar-refractivity contribution in [2.75, 3.05) is 13.6 Å². The maximum Gasteiger partial charge on any atom is 0.241 e. The number of hydrogen-bond acceptors (Lipinski definition) is 6. The topological polar surface area (TPSA) is 66.0 Å². The lowest BCUT2D eigenvalue weighted by Gasteiger charge is -2.07. The van der Waals surface area contributed by atoms with E-state index in [1.165, 1.54) is 0 Å². The highest BCUT2D eigenvalue weighted by Crippen LogP contribution is 2.21. The maximum absolute atomic E-state index is 8.51. The van der Waals surface area contributed by atoms with Gasteiger partial charge in [0.2, 0.25) is 11.7 Å². The zero-order chi connectivity index (χ0) is 11.4. The molecular weight excluding hydrogens is 224 g/mol. The van der Waals surface area contributed by atoms with Crippen LogP contribution in [-0.4, -0.2) is 28.6 Å². The number of aromatic nitrogens is 2. The van der Waals surface area contributed by atoms with Crippen LogP contribution in [0.1, 0.15) is 5.89 Å². The third-order valence-electron chi connectivity index (χ3n) is 1.96. The Morgan fingerprint density at radius 3 is 3.19 bits per heavy atom. The number of nitriles is 1. The summed E-state index contributed by atoms with van der Waals surface area (Å²) in [6.07, 6.45) is 0. The average Bonchev–Trinajstić information content (AvgIpc) is 2.86. The highest BCUT2D eigenvalue weighted by atomic mass is 32.1. The molecule has 0 aliphatic carbocycles. The van der Waals surface area contributed by atoms with Crippen molar-refractivity contribution in [1.82, 2.24) is 15.0 Å². The summed E-state index contributed by atoms with van der Waals surface area (Å²) >= 11 is 1.57. The molecule has 6 heteroatoms. The van der Waals surface area contributed by atoms with E-state index >= 15 is 0 Å². The minimum Gasteiger partial charge on any atom is -0.338 e. The minimum absolute atomic E-state index is 0.344. The highest BCUT2D eigenvalue weighted by molar-refractivity contribution is 7.13. The molecular formula is C10H10N4OS. The molecule has 0 N–H and O–H groups in total. The van der Waals surface area contributed by atoms with Gasteiger partial charge in [0, 0.05) is 0 Å². The second-order valence-corrected chi connectivity index (χ2v) is 4.27. The molecule has 5 nitrogen and oxygen atoms in total. The summed E-state index contributed by atoms with van der Waals surface area (Å²) in [6.45, 7) is 0.836. The van der Waals surface area contributed by atoms with Crippen LogP contribution >= 0.6 is 11.3 Å². The van der Waals surface area contributed by atoms with Crippen molar-refractivity contribution in [2.45, 2.75) is 6.54 Å². The molecule has 0 amide bonds. The van der Waals surface area contributed by atoms with Gasteiger partial charge in [-0.2, -0.15) is 10.2 Å². The largest absolute Gasteiger partial charge is 0.338 e. The Morgan fingerprint density at radius 2 is 2.50 bits per heavy atom. The Hall–Kier alpha value is -1.71. The number of nitrogens with zero attached hydrogens (tertiary/aromatic N) is 4. The Bertz CT molecular complexity index is 485. The first-order valence-corrected chi connectivity index (χ1v) is 5.59. The van der Waals surface area contributed by atoms with E-state index in [-0.39, 0.29) is 0 Å². The molecule has 16 heavy (non-hydrogen) atoms. The standard InChI is InChI=1S/C10H10N4OS/c1-14(5-4-11)7-9-12-10(13-15-9)8-3-2-6-16-8/h2-3,6H,5,7H2,1H3. The van der Waals surface area contributed by atoms with Gasteiger partial charge in [-0.15, -0.1) is 11.3 Å². The van der Waals surface area contributed by atoms with E-state index in [1.807, 2.05) is 29.5 Å². The quantitative estimate of drug-likeness (QED) is 0.754. The summed E-state index contributed by atoms with van der Waals surface area (Å²) in [5.74, 6) is 1.14. The molecule has 0 aliphatic heterocycles. The van der Waals surface area contributed by atoms with Crippen LogP contribution in [0, 0.1) is 11.3 Å². The van der Waals surface area contributed by atoms with Gasteiger partial charge < -0.3 is 4.52 Å². The summed E-state index contributed by atoms with van der Waals surface area (Å²) < 4.78 is 5.10. The van der Waals surface area contributed by atoms with E-state index in [9.17, 15) is 0 Å². The van der Waals surface area contributed by atoms with E-state index in [1.54, 1.807) is 11.3 Å². The molecule has 2 aromatic heterocycles. The smallest absolute Gasteiger partial charge is 0.241 e. The van der Waals surface area contributed by atoms with Crippen molar-refractivity contribution in [3.63, 3.8) is 0 Å². The molecule has 0 aliphatic rings. The highest BCUT2D eigenvalue weighted by Gasteiger charge is 2.10. The van der Waals surface area contributed by atoms with E-state index < -0.39 is 0 Å². The molecule has 2 rings (SSSR count). The summed E-state index contributed by atoms with van der Waals surface area (Å²) in [4.78, 5) is 7.05. The Labute approximate surface area is 96.9 Å². The maximum atomic E-state index is 8.51. The predicted molar refractivity (Wildman–Crippen MR) is 59.6 cm³/mol. The van der Waals surface area contributed by atoms with Crippen LogP contribution in [0.15, 0.2) is 22.0 Å². The lowest BCUT2D eigenvalue weighted by Crippen LogP contribution is -2.17. The third kappa shape index (κ3) is 2.45. The van der Waals surface area contributed by atoms with Gasteiger partial charge in [0.25, 0.3) is 0 Å². The van der Waals surface area contributed by atoms with Crippen molar-refractivity contribution < 1.29 is 4.52 Å². The van der Waals surface area contributed by atoms with E-state index in [4.69, 9.17) is 9.78 Å². The first-order chi connectivity index (χ1) is 7.79. The van der Waals surface area contributed by atoms with E-state index in [2.05, 4.69) is 16.2 Å². The van der Waals surface area contributed by atoms with Gasteiger partial charge in [-0.25, -0.2) is 0 Å². The predicted octanol–water partition coefficient (Wildman–Crippen LogP) is 1.75. The average molecular weight is 234 g/mol. The summed E-state index contributed by atoms with van der Waals surface area (Å²) in [7, 11) is 1.83. The van der Waals surface area contributed by atoms with Crippen LogP contribution < -0.4 is 0 Å². The molecule has 0 spiro atoms. The van der Waals surface area contributed by atoms with Crippen LogP contribution in [0.3, 0.4) is 0 Å². The van der Waals surface area contributed by atoms with Crippen LogP contribution in [-0.2, 0) is 6.54 Å². The molecule has 2 aromatic rings. The zero-order valence-electron chi connectivity index (χ0n) is 8.75. The van der Waals surface area contributed by atoms with Crippen molar-refractivity contribution >= 4 is 11.3 Å². The van der Waals surface area contributed by atoms with Gasteiger partial charge in [-0.05, 0) is 18.5 Å². The van der Waals surface area contributed by atoms with Gasteiger partial charge in [-0.3, -0.25) is 4.90 Å². The summed E-state index contributed by atoms with van der Waals surface area (Å²) in [5.41, 5.74) is 0. The first kappa shape index (κ1) is 10.8. The van der Waals surface area contributed by atoms with Gasteiger partial charge in [0.05, 0.1) is 24.0 Å². The SMILES string of the molecule is CN(CC#N)Cc1nc(-c2cccs2)no1. The number of hydrogen-bond donors (Lipinski definition) is 0. The van der Waals surface area contributed by atoms with Crippen molar-refractivity contribution in [3.8, 4) is 16.8 Å². The Morgan fingerprint density at radius 1 is 1.62 bits per heavy atom. The number of rotatable bonds is 4. The molecule has 0 aromatic carbocycles. The molecule has 0 saturated heterocycles. The van der Waals surface area contributed by atoms with E-state index in [0.717, 1.165) is 4.88 Å². The summed E-state index contributed by atoms with van der Waals surface area (Å²) in [6, 6.07) is 5.95. The number of thiophene rings is 1. The lowest BCUT2D eigenvalue weighted by molar-refractivity contribution is 0.287. The fourth-order valence-corrected chi connectivity index (χ4v) is 1.88. The molecule has 0 fully saturated rings. The van der Waals surface area contributed by atoms with Crippen LogP contribution in [0.5, 0.6) is 0 Å². The fourth-order valence-electron chi connectivity index (χ4n) is 1.23. The fraction of sp³-hybridized carbons (Fsp3) is 0.300. The second kappa shape index (κ2) is 4.88. The zero-order valence-corrected chi connectivity index (χ0v) is 9.57. The van der Waals surface area contributed by atoms with E-state index in [0.29, 0.717) is 24.8 Å². The van der Waals surface area contributed by atoms with Crippen LogP contribution in [0.4, 0.5) is 0 Å². The normalized spacial score (nSPS) is 10.6. The molecule has 0 bridgehead atoms. The first-order valence-electron chi connectivity index (χ1n) is 4.71. The molecule has 0 unspecified atom stereocenters. The van der Waals surface area contributed by atoms with Crippen molar-refractivity contribution in [3.05, 3.63) is 23.4 Å². The molecule has 0 atom stereocenters. The molecule has 0 saturated carbocycles. The molecule has 82 valence electrons. The van der Waals surface area contributed by atoms with Gasteiger partial charge in [0.15, 0.2) is 0 Å². The minimum atomic E-state index is 0.344.